The molecule has 0 unspecified atom stereocenters. The van der Waals surface area contributed by atoms with Gasteiger partial charge in [-0.3, -0.25) is 33.6 Å². The van der Waals surface area contributed by atoms with Crippen LogP contribution in [0.2, 0.25) is 0 Å². The van der Waals surface area contributed by atoms with Crippen LogP contribution in [0.15, 0.2) is 262 Å². The first-order chi connectivity index (χ1) is 61.2. The van der Waals surface area contributed by atoms with Crippen LogP contribution < -0.4 is 41.0 Å². The highest BCUT2D eigenvalue weighted by molar-refractivity contribution is 7.92. The number of hydrogen-bond donors (Lipinski definition) is 3. The maximum Gasteiger partial charge on any atom is 0.333 e. The number of hydrogen-bond acceptors (Lipinski definition) is 22. The standard InChI is InChI=1S/C30H23N5O.C25H17F2N5O3S.C22H29N5O4S.C19H17NO3/c1-30(2,18-31)22-9-11-23(12-10-22)35-28-24-15-19(21-14-20-6-4-5-7-25(20)32-16-21)8-13-26(24)33-17-27(28)34(3)29(35)36;1-35-25-23(32-36(33,34)24-5-3-18(26)12-21(24)27)11-17(13-29-25)15-2-4-22-20(10-15)19(7-8-28-22)16-6-9-30-31-14-16;1-5-23-21(28)24-16-8-6-15(7-9-16)19-25-18-17(13-32(29,30)22(18,3)4)20(26-19)27-10-11-31-12-14(27)2;21-17-13-18(20-9-11-22-12-10-20)23-19-15(7-4-8-16(17)19)14-5-2-1-3-6-14/h4-17H,1-3H3;2-14,32H,1H3;6-9,14H,5,10-13H2,1-4H3,(H2,23,24,28);1-8,13H,9-12H2/t;;14-;/m..0./s1. The lowest BCUT2D eigenvalue weighted by Crippen LogP contribution is -2.44. The van der Waals surface area contributed by atoms with Crippen molar-refractivity contribution in [3.05, 3.63) is 293 Å². The molecule has 0 aliphatic carbocycles. The largest absolute Gasteiger partial charge is 0.480 e. The zero-order valence-electron chi connectivity index (χ0n) is 70.4. The summed E-state index contributed by atoms with van der Waals surface area (Å²) in [5, 5.41) is 26.1. The quantitative estimate of drug-likeness (QED) is 0.0858. The summed E-state index contributed by atoms with van der Waals surface area (Å²) in [5.41, 5.74) is 15.2. The molecule has 1 atom stereocenters. The van der Waals surface area contributed by atoms with E-state index in [9.17, 15) is 45.3 Å². The molecule has 0 spiro atoms. The fourth-order valence-electron chi connectivity index (χ4n) is 15.5. The number of rotatable bonds is 15. The number of urea groups is 1. The van der Waals surface area contributed by atoms with Crippen LogP contribution in [0.25, 0.3) is 116 Å². The highest BCUT2D eigenvalue weighted by Gasteiger charge is 2.48. The van der Waals surface area contributed by atoms with Gasteiger partial charge in [0.15, 0.2) is 27.0 Å². The molecule has 16 aromatic rings. The number of aryl methyl sites for hydroxylation is 1. The Balaban J connectivity index is 0.000000126. The van der Waals surface area contributed by atoms with E-state index in [-0.39, 0.29) is 40.5 Å². The fraction of sp³-hybridized carbons (Fsp3) is 0.208. The summed E-state index contributed by atoms with van der Waals surface area (Å²) < 4.78 is 106. The minimum absolute atomic E-state index is 0.00878. The number of nitrogens with one attached hydrogen (secondary N) is 3. The Hall–Kier alpha value is -14.6. The lowest BCUT2D eigenvalue weighted by atomic mass is 9.86. The van der Waals surface area contributed by atoms with E-state index in [1.54, 1.807) is 73.0 Å². The third kappa shape index (κ3) is 17.7. The Kier molecular flexibility index (Phi) is 24.3. The molecule has 2 amide bonds. The number of carbonyl (C=O) groups excluding carboxylic acids is 1. The van der Waals surface area contributed by atoms with Crippen LogP contribution in [0.5, 0.6) is 5.88 Å². The van der Waals surface area contributed by atoms with E-state index < -0.39 is 46.6 Å². The Morgan fingerprint density at radius 2 is 1.37 bits per heavy atom. The first-order valence-electron chi connectivity index (χ1n) is 40.8. The number of amides is 2. The van der Waals surface area contributed by atoms with E-state index in [1.165, 1.54) is 19.4 Å². The predicted molar refractivity (Wildman–Crippen MR) is 487 cm³/mol. The number of nitrogens with zero attached hydrogens (tertiary/aromatic N) is 13. The molecule has 19 rings (SSSR count). The number of ether oxygens (including phenoxy) is 3. The SMILES string of the molecule is CCNC(=O)Nc1ccc(-c2nc(N3CCOC[C@@H]3C)c3c(n2)C(C)(C)S(=O)(=O)C3)cc1.COc1ncc(-c2ccc3nccc(-c4ccnnc4)c3c2)cc1NS(=O)(=O)c1ccc(F)cc1F.Cn1c(=O)n(-c2ccc(C(C)(C)C#N)cc2)c2c3cc(-c4cnc5ccccc5c4)ccc3ncc21.O=c1cc(N2CCOCC2)oc2c(-c3ccccc3)cccc12. The number of anilines is 4. The maximum absolute atomic E-state index is 14.2. The predicted octanol–water partition coefficient (Wildman–Crippen LogP) is 16.7. The third-order valence-electron chi connectivity index (χ3n) is 22.6. The molecule has 3 N–H and O–H groups in total. The molecule has 2 fully saturated rings. The molecule has 642 valence electrons. The average Bonchev–Trinajstić information content (AvgIpc) is 1.57. The number of fused-ring (bicyclic) bond motifs is 7. The number of sulfonamides is 1. The number of carbonyl (C=O) groups is 1. The van der Waals surface area contributed by atoms with Gasteiger partial charge in [0.1, 0.15) is 38.4 Å². The number of nitriles is 1. The molecular formula is C96H86F2N16O11S2. The molecule has 0 radical (unpaired) electrons. The molecule has 127 heavy (non-hydrogen) atoms. The lowest BCUT2D eigenvalue weighted by Gasteiger charge is -2.35. The zero-order chi connectivity index (χ0) is 89.1. The second-order valence-corrected chi connectivity index (χ2v) is 35.7. The Morgan fingerprint density at radius 3 is 2.09 bits per heavy atom. The first-order valence-corrected chi connectivity index (χ1v) is 44.0. The van der Waals surface area contributed by atoms with Crippen LogP contribution in [0.4, 0.5) is 36.7 Å². The molecule has 11 heterocycles. The minimum Gasteiger partial charge on any atom is -0.480 e. The third-order valence-corrected chi connectivity index (χ3v) is 26.4. The van der Waals surface area contributed by atoms with E-state index in [1.807, 2.05) is 179 Å². The zero-order valence-corrected chi connectivity index (χ0v) is 72.0. The van der Waals surface area contributed by atoms with Crippen molar-refractivity contribution < 1.29 is 49.0 Å². The Bertz CT molecular complexity index is 7320. The topological polar surface area (TPSA) is 340 Å². The molecule has 3 aliphatic rings. The summed E-state index contributed by atoms with van der Waals surface area (Å²) in [6.45, 7) is 16.2. The van der Waals surface area contributed by atoms with E-state index in [0.717, 1.165) is 125 Å². The molecule has 2 saturated heterocycles. The smallest absolute Gasteiger partial charge is 0.333 e. The first kappa shape index (κ1) is 86.0. The van der Waals surface area contributed by atoms with Crippen LogP contribution in [0, 0.1) is 23.0 Å². The van der Waals surface area contributed by atoms with Crippen molar-refractivity contribution >= 4 is 104 Å². The van der Waals surface area contributed by atoms with Gasteiger partial charge in [0.05, 0.1) is 120 Å². The monoisotopic (exact) mass is 1740 g/mol. The number of para-hydroxylation sites is 2. The van der Waals surface area contributed by atoms with Gasteiger partial charge in [-0.05, 0) is 179 Å². The van der Waals surface area contributed by atoms with Gasteiger partial charge in [-0.1, -0.05) is 84.9 Å². The number of morpholine rings is 2. The van der Waals surface area contributed by atoms with Crippen molar-refractivity contribution in [2.75, 3.05) is 79.6 Å². The maximum atomic E-state index is 14.2. The van der Waals surface area contributed by atoms with Crippen LogP contribution >= 0.6 is 0 Å². The van der Waals surface area contributed by atoms with Gasteiger partial charge in [0, 0.05) is 119 Å². The van der Waals surface area contributed by atoms with Gasteiger partial charge in [0.2, 0.25) is 5.88 Å². The van der Waals surface area contributed by atoms with E-state index in [4.69, 9.17) is 28.6 Å². The van der Waals surface area contributed by atoms with Crippen LogP contribution in [-0.4, -0.2) is 138 Å². The lowest BCUT2D eigenvalue weighted by molar-refractivity contribution is 0.0984. The van der Waals surface area contributed by atoms with Crippen LogP contribution in [-0.2, 0) is 52.3 Å². The normalized spacial score (nSPS) is 14.6. The van der Waals surface area contributed by atoms with Crippen LogP contribution in [0.3, 0.4) is 0 Å². The van der Waals surface area contributed by atoms with Gasteiger partial charge in [-0.15, -0.1) is 0 Å². The van der Waals surface area contributed by atoms with E-state index in [2.05, 4.69) is 79.6 Å². The number of aromatic nitrogens is 10. The second kappa shape index (κ2) is 35.9. The molecule has 0 bridgehead atoms. The summed E-state index contributed by atoms with van der Waals surface area (Å²) in [6.07, 6.45) is 10.1. The second-order valence-electron chi connectivity index (χ2n) is 31.5. The molecule has 3 aliphatic heterocycles. The van der Waals surface area contributed by atoms with Crippen molar-refractivity contribution in [2.45, 2.75) is 68.4 Å². The van der Waals surface area contributed by atoms with Gasteiger partial charge >= 0.3 is 11.7 Å². The fourth-order valence-corrected chi connectivity index (χ4v) is 18.1. The minimum atomic E-state index is -4.40. The summed E-state index contributed by atoms with van der Waals surface area (Å²) in [7, 11) is -4.71. The Labute approximate surface area is 729 Å². The van der Waals surface area contributed by atoms with Crippen molar-refractivity contribution in [3.63, 3.8) is 0 Å². The summed E-state index contributed by atoms with van der Waals surface area (Å²) in [5.74, 6) is -0.437. The molecule has 31 heteroatoms. The van der Waals surface area contributed by atoms with Crippen LogP contribution in [0.1, 0.15) is 58.4 Å². The van der Waals surface area contributed by atoms with Gasteiger partial charge in [-0.25, -0.2) is 50.2 Å². The summed E-state index contributed by atoms with van der Waals surface area (Å²) in [6, 6.07) is 63.5. The Morgan fingerprint density at radius 1 is 0.669 bits per heavy atom. The molecular weight excluding hydrogens is 1660 g/mol. The highest BCUT2D eigenvalue weighted by atomic mass is 32.2. The average molecular weight is 1740 g/mol. The number of benzene rings is 8. The number of sulfone groups is 1. The van der Waals surface area contributed by atoms with Gasteiger partial charge in [-0.2, -0.15) is 15.5 Å². The van der Waals surface area contributed by atoms with Crippen molar-refractivity contribution in [2.24, 2.45) is 7.05 Å². The molecule has 0 saturated carbocycles. The van der Waals surface area contributed by atoms with Crippen molar-refractivity contribution in [1.82, 2.24) is 54.6 Å². The number of methoxy groups -OCH3 is 1. The van der Waals surface area contributed by atoms with E-state index >= 15 is 0 Å². The van der Waals surface area contributed by atoms with Crippen molar-refractivity contribution in [1.29, 1.82) is 5.26 Å². The van der Waals surface area contributed by atoms with Gasteiger partial charge < -0.3 is 39.1 Å². The number of halogens is 2. The summed E-state index contributed by atoms with van der Waals surface area (Å²) >= 11 is 0. The number of pyridine rings is 4. The van der Waals surface area contributed by atoms with Gasteiger partial charge in [0.25, 0.3) is 10.0 Å². The van der Waals surface area contributed by atoms with E-state index in [0.29, 0.717) is 96.6 Å². The summed E-state index contributed by atoms with van der Waals surface area (Å²) in [4.78, 5) is 68.6. The van der Waals surface area contributed by atoms with Crippen molar-refractivity contribution in [3.8, 4) is 73.5 Å². The number of imidazole rings is 1. The molecule has 27 nitrogen and oxygen atoms in total. The molecule has 8 aromatic heterocycles. The molecule has 8 aromatic carbocycles. The highest BCUT2D eigenvalue weighted by Crippen LogP contribution is 2.46.